The van der Waals surface area contributed by atoms with Crippen molar-refractivity contribution in [2.24, 2.45) is 5.73 Å². The van der Waals surface area contributed by atoms with Crippen LogP contribution in [0, 0.1) is 0 Å². The van der Waals surface area contributed by atoms with E-state index in [0.29, 0.717) is 5.01 Å². The Hall–Kier alpha value is -2.66. The van der Waals surface area contributed by atoms with Crippen LogP contribution in [0.15, 0.2) is 23.6 Å². The second-order valence-corrected chi connectivity index (χ2v) is 5.83. The lowest BCUT2D eigenvalue weighted by molar-refractivity contribution is -0.153. The number of amides is 1. The minimum Gasteiger partial charge on any atom is -0.482 e. The van der Waals surface area contributed by atoms with E-state index < -0.39 is 24.7 Å². The van der Waals surface area contributed by atoms with Gasteiger partial charge in [-0.2, -0.15) is 13.2 Å². The number of rotatable bonds is 6. The molecule has 0 saturated heterocycles. The molecule has 3 N–H and O–H groups in total. The van der Waals surface area contributed by atoms with Crippen molar-refractivity contribution in [3.8, 4) is 5.75 Å². The van der Waals surface area contributed by atoms with Gasteiger partial charge in [-0.25, -0.2) is 9.78 Å². The Kier molecular flexibility index (Phi) is 6.16. The van der Waals surface area contributed by atoms with Gasteiger partial charge < -0.3 is 20.5 Å². The summed E-state index contributed by atoms with van der Waals surface area (Å²) in [5, 5.41) is 4.41. The van der Waals surface area contributed by atoms with E-state index in [-0.39, 0.29) is 29.2 Å². The molecule has 1 heterocycles. The third-order valence-electron chi connectivity index (χ3n) is 3.00. The smallest absolute Gasteiger partial charge is 0.422 e. The molecule has 0 unspecified atom stereocenters. The summed E-state index contributed by atoms with van der Waals surface area (Å²) in [6, 6.07) is 3.58. The van der Waals surface area contributed by atoms with E-state index >= 15 is 0 Å². The molecular weight excluding hydrogens is 375 g/mol. The Morgan fingerprint density at radius 2 is 2.08 bits per heavy atom. The second-order valence-electron chi connectivity index (χ2n) is 4.89. The maximum absolute atomic E-state index is 12.4. The van der Waals surface area contributed by atoms with E-state index in [2.05, 4.69) is 15.0 Å². The lowest BCUT2D eigenvalue weighted by atomic mass is 10.2. The zero-order valence-corrected chi connectivity index (χ0v) is 14.2. The van der Waals surface area contributed by atoms with Gasteiger partial charge in [-0.15, -0.1) is 11.3 Å². The number of ether oxygens (including phenoxy) is 2. The number of methoxy groups -OCH3 is 1. The number of hydrogen-bond donors (Lipinski definition) is 2. The van der Waals surface area contributed by atoms with Gasteiger partial charge in [-0.1, -0.05) is 0 Å². The zero-order chi connectivity index (χ0) is 19.3. The van der Waals surface area contributed by atoms with Gasteiger partial charge in [-0.05, 0) is 18.2 Å². The average molecular weight is 389 g/mol. The van der Waals surface area contributed by atoms with E-state index in [1.54, 1.807) is 0 Å². The van der Waals surface area contributed by atoms with Gasteiger partial charge >= 0.3 is 12.1 Å². The fourth-order valence-corrected chi connectivity index (χ4v) is 2.50. The number of carbonyl (C=O) groups is 2. The number of hydrogen-bond acceptors (Lipinski definition) is 7. The minimum atomic E-state index is -4.59. The molecule has 26 heavy (non-hydrogen) atoms. The lowest BCUT2D eigenvalue weighted by Gasteiger charge is -2.14. The van der Waals surface area contributed by atoms with Gasteiger partial charge in [0.25, 0.3) is 5.91 Å². The van der Waals surface area contributed by atoms with Crippen LogP contribution >= 0.6 is 11.3 Å². The quantitative estimate of drug-likeness (QED) is 0.736. The maximum atomic E-state index is 12.4. The van der Waals surface area contributed by atoms with Crippen LogP contribution in [0.25, 0.3) is 0 Å². The highest BCUT2D eigenvalue weighted by Crippen LogP contribution is 2.29. The molecule has 1 aromatic carbocycles. The summed E-state index contributed by atoms with van der Waals surface area (Å²) in [4.78, 5) is 27.7. The van der Waals surface area contributed by atoms with E-state index in [9.17, 15) is 22.8 Å². The van der Waals surface area contributed by atoms with Gasteiger partial charge in [0, 0.05) is 11.9 Å². The Bertz CT molecular complexity index is 808. The monoisotopic (exact) mass is 389 g/mol. The number of nitrogens with two attached hydrogens (primary N) is 1. The molecular formula is C15H14F3N3O4S. The highest BCUT2D eigenvalue weighted by atomic mass is 32.1. The molecule has 1 aromatic heterocycles. The van der Waals surface area contributed by atoms with Crippen molar-refractivity contribution < 1.29 is 32.2 Å². The van der Waals surface area contributed by atoms with Crippen LogP contribution in [-0.2, 0) is 11.3 Å². The number of benzene rings is 1. The highest BCUT2D eigenvalue weighted by molar-refractivity contribution is 7.09. The van der Waals surface area contributed by atoms with Crippen molar-refractivity contribution in [2.75, 3.05) is 19.0 Å². The number of nitrogens with zero attached hydrogens (tertiary/aromatic N) is 1. The number of aromatic nitrogens is 1. The average Bonchev–Trinajstić information content (AvgIpc) is 3.08. The molecule has 0 aliphatic carbocycles. The summed E-state index contributed by atoms with van der Waals surface area (Å²) < 4.78 is 46.6. The normalized spacial score (nSPS) is 11.1. The molecule has 1 amide bonds. The zero-order valence-electron chi connectivity index (χ0n) is 13.4. The van der Waals surface area contributed by atoms with Crippen LogP contribution in [0.2, 0.25) is 0 Å². The molecule has 0 aliphatic rings. The van der Waals surface area contributed by atoms with Crippen LogP contribution in [0.1, 0.15) is 25.9 Å². The van der Waals surface area contributed by atoms with Crippen LogP contribution in [0.4, 0.5) is 18.9 Å². The third-order valence-corrected chi connectivity index (χ3v) is 3.87. The molecule has 0 aliphatic heterocycles. The summed E-state index contributed by atoms with van der Waals surface area (Å²) in [6.45, 7) is -1.43. The lowest BCUT2D eigenvalue weighted by Crippen LogP contribution is -2.21. The largest absolute Gasteiger partial charge is 0.482 e. The first-order chi connectivity index (χ1) is 12.2. The Labute approximate surface area is 149 Å². The summed E-state index contributed by atoms with van der Waals surface area (Å²) in [6.07, 6.45) is -4.59. The number of thiazole rings is 1. The Morgan fingerprint density at radius 3 is 2.65 bits per heavy atom. The van der Waals surface area contributed by atoms with Gasteiger partial charge in [-0.3, -0.25) is 4.79 Å². The van der Waals surface area contributed by atoms with E-state index in [4.69, 9.17) is 10.5 Å². The van der Waals surface area contributed by atoms with Crippen LogP contribution in [0.3, 0.4) is 0 Å². The predicted octanol–water partition coefficient (Wildman–Crippen LogP) is 2.58. The minimum absolute atomic E-state index is 0.0262. The van der Waals surface area contributed by atoms with E-state index in [0.717, 1.165) is 13.2 Å². The standard InChI is InChI=1S/C15H14F3N3O4S/c1-24-14(23)8-2-3-9(11(4-8)25-7-15(16,17)18)21-13(22)10-6-26-12(5-19)20-10/h2-4,6H,5,7,19H2,1H3,(H,21,22). The fraction of sp³-hybridized carbons (Fsp3) is 0.267. The van der Waals surface area contributed by atoms with Crippen LogP contribution in [-0.4, -0.2) is 36.8 Å². The van der Waals surface area contributed by atoms with Crippen molar-refractivity contribution >= 4 is 28.9 Å². The number of anilines is 1. The van der Waals surface area contributed by atoms with Crippen molar-refractivity contribution in [1.29, 1.82) is 0 Å². The van der Waals surface area contributed by atoms with E-state index in [1.807, 2.05) is 0 Å². The Morgan fingerprint density at radius 1 is 1.35 bits per heavy atom. The molecule has 0 saturated carbocycles. The molecule has 0 fully saturated rings. The van der Waals surface area contributed by atoms with Crippen molar-refractivity contribution in [1.82, 2.24) is 4.98 Å². The first kappa shape index (κ1) is 19.7. The molecule has 2 rings (SSSR count). The third kappa shape index (κ3) is 5.17. The number of halogens is 3. The van der Waals surface area contributed by atoms with Gasteiger partial charge in [0.15, 0.2) is 6.61 Å². The van der Waals surface area contributed by atoms with Crippen LogP contribution in [0.5, 0.6) is 5.75 Å². The van der Waals surface area contributed by atoms with Gasteiger partial charge in [0.05, 0.1) is 18.4 Å². The molecule has 0 spiro atoms. The first-order valence-electron chi connectivity index (χ1n) is 7.11. The van der Waals surface area contributed by atoms with Crippen molar-refractivity contribution in [2.45, 2.75) is 12.7 Å². The van der Waals surface area contributed by atoms with Crippen molar-refractivity contribution in [3.05, 3.63) is 39.8 Å². The molecule has 7 nitrogen and oxygen atoms in total. The second kappa shape index (κ2) is 8.15. The highest BCUT2D eigenvalue weighted by Gasteiger charge is 2.29. The summed E-state index contributed by atoms with van der Waals surface area (Å²) in [7, 11) is 1.13. The fourth-order valence-electron chi connectivity index (χ4n) is 1.84. The first-order valence-corrected chi connectivity index (χ1v) is 7.99. The SMILES string of the molecule is COC(=O)c1ccc(NC(=O)c2csc(CN)n2)c(OCC(F)(F)F)c1. The van der Waals surface area contributed by atoms with Gasteiger partial charge in [0.1, 0.15) is 16.5 Å². The number of carbonyl (C=O) groups excluding carboxylic acids is 2. The Balaban J connectivity index is 2.27. The topological polar surface area (TPSA) is 104 Å². The summed E-state index contributed by atoms with van der Waals surface area (Å²) >= 11 is 1.18. The molecule has 11 heteroatoms. The molecule has 0 atom stereocenters. The molecule has 0 radical (unpaired) electrons. The van der Waals surface area contributed by atoms with E-state index in [1.165, 1.54) is 28.8 Å². The number of alkyl halides is 3. The molecule has 140 valence electrons. The maximum Gasteiger partial charge on any atom is 0.422 e. The summed E-state index contributed by atoms with van der Waals surface area (Å²) in [5.41, 5.74) is 5.42. The molecule has 0 bridgehead atoms. The van der Waals surface area contributed by atoms with Crippen LogP contribution < -0.4 is 15.8 Å². The van der Waals surface area contributed by atoms with Crippen molar-refractivity contribution in [3.63, 3.8) is 0 Å². The number of nitrogens with one attached hydrogen (secondary N) is 1. The number of esters is 1. The molecule has 2 aromatic rings. The predicted molar refractivity (Wildman–Crippen MR) is 87.3 cm³/mol. The summed E-state index contributed by atoms with van der Waals surface area (Å²) in [5.74, 6) is -1.73. The van der Waals surface area contributed by atoms with Gasteiger partial charge in [0.2, 0.25) is 0 Å².